The molecule has 0 radical (unpaired) electrons. The van der Waals surface area contributed by atoms with Gasteiger partial charge in [0.1, 0.15) is 0 Å². The number of halogens is 2. The van der Waals surface area contributed by atoms with Crippen molar-refractivity contribution >= 4 is 34.8 Å². The number of aromatic nitrogens is 2. The van der Waals surface area contributed by atoms with E-state index in [1.165, 1.54) is 0 Å². The van der Waals surface area contributed by atoms with Crippen LogP contribution in [-0.4, -0.2) is 34.2 Å². The maximum absolute atomic E-state index is 12.1. The van der Waals surface area contributed by atoms with Crippen LogP contribution < -0.4 is 5.32 Å². The van der Waals surface area contributed by atoms with Gasteiger partial charge in [-0.15, -0.1) is 0 Å². The molecule has 7 heteroatoms. The van der Waals surface area contributed by atoms with E-state index in [1.807, 2.05) is 37.5 Å². The maximum Gasteiger partial charge on any atom is 0.238 e. The van der Waals surface area contributed by atoms with Gasteiger partial charge in [-0.1, -0.05) is 23.2 Å². The molecule has 1 aromatic heterocycles. The van der Waals surface area contributed by atoms with E-state index in [2.05, 4.69) is 10.4 Å². The van der Waals surface area contributed by atoms with Gasteiger partial charge in [-0.3, -0.25) is 14.4 Å². The fourth-order valence-electron chi connectivity index (χ4n) is 2.39. The topological polar surface area (TPSA) is 50.2 Å². The maximum atomic E-state index is 12.1. The normalized spacial score (nSPS) is 11.1. The Labute approximate surface area is 146 Å². The minimum absolute atomic E-state index is 0.106. The Morgan fingerprint density at radius 1 is 1.30 bits per heavy atom. The molecular weight excluding hydrogens is 335 g/mol. The van der Waals surface area contributed by atoms with E-state index in [4.69, 9.17) is 23.2 Å². The number of nitrogens with one attached hydrogen (secondary N) is 1. The van der Waals surface area contributed by atoms with Crippen molar-refractivity contribution in [2.75, 3.05) is 18.9 Å². The summed E-state index contributed by atoms with van der Waals surface area (Å²) in [5.74, 6) is -0.106. The molecular formula is C16H20Cl2N4O. The van der Waals surface area contributed by atoms with Gasteiger partial charge in [-0.2, -0.15) is 5.10 Å². The molecule has 124 valence electrons. The van der Waals surface area contributed by atoms with Gasteiger partial charge in [0.05, 0.1) is 22.3 Å². The number of aryl methyl sites for hydroxylation is 2. The number of carbonyl (C=O) groups is 1. The molecule has 0 saturated carbocycles. The Bertz CT molecular complexity index is 727. The minimum Gasteiger partial charge on any atom is -0.325 e. The van der Waals surface area contributed by atoms with Crippen molar-refractivity contribution in [3.63, 3.8) is 0 Å². The standard InChI is InChI=1S/C16H20Cl2N4O/c1-10-13(11(2)22(4)20-10)8-21(3)9-16(23)19-12-5-6-14(17)15(18)7-12/h5-7H,8-9H2,1-4H3,(H,19,23). The van der Waals surface area contributed by atoms with Crippen LogP contribution in [0.25, 0.3) is 0 Å². The lowest BCUT2D eigenvalue weighted by molar-refractivity contribution is -0.117. The van der Waals surface area contributed by atoms with E-state index in [0.29, 0.717) is 22.3 Å². The highest BCUT2D eigenvalue weighted by molar-refractivity contribution is 6.42. The molecule has 1 N–H and O–H groups in total. The van der Waals surface area contributed by atoms with E-state index < -0.39 is 0 Å². The van der Waals surface area contributed by atoms with E-state index >= 15 is 0 Å². The molecule has 0 aliphatic rings. The number of benzene rings is 1. The first-order valence-electron chi connectivity index (χ1n) is 7.20. The van der Waals surface area contributed by atoms with Crippen molar-refractivity contribution in [3.05, 3.63) is 45.2 Å². The zero-order valence-corrected chi connectivity index (χ0v) is 15.2. The van der Waals surface area contributed by atoms with Gasteiger partial charge in [0, 0.05) is 30.5 Å². The second kappa shape index (κ2) is 7.34. The third kappa shape index (κ3) is 4.47. The van der Waals surface area contributed by atoms with Crippen molar-refractivity contribution in [2.45, 2.75) is 20.4 Å². The molecule has 0 aliphatic heterocycles. The van der Waals surface area contributed by atoms with Gasteiger partial charge >= 0.3 is 0 Å². The average molecular weight is 355 g/mol. The molecule has 5 nitrogen and oxygen atoms in total. The summed E-state index contributed by atoms with van der Waals surface area (Å²) in [6.45, 7) is 4.94. The number of nitrogens with zero attached hydrogens (tertiary/aromatic N) is 3. The van der Waals surface area contributed by atoms with Gasteiger partial charge in [0.15, 0.2) is 0 Å². The Hall–Kier alpha value is -1.56. The third-order valence-electron chi connectivity index (χ3n) is 3.70. The number of hydrogen-bond acceptors (Lipinski definition) is 3. The van der Waals surface area contributed by atoms with Crippen LogP contribution >= 0.6 is 23.2 Å². The molecule has 1 amide bonds. The molecule has 23 heavy (non-hydrogen) atoms. The first-order chi connectivity index (χ1) is 10.8. The van der Waals surface area contributed by atoms with Gasteiger partial charge in [-0.05, 0) is 39.1 Å². The van der Waals surface area contributed by atoms with Crippen molar-refractivity contribution < 1.29 is 4.79 Å². The molecule has 0 spiro atoms. The van der Waals surface area contributed by atoms with Crippen LogP contribution in [0.2, 0.25) is 10.0 Å². The number of carbonyl (C=O) groups excluding carboxylic acids is 1. The molecule has 1 heterocycles. The fraction of sp³-hybridized carbons (Fsp3) is 0.375. The van der Waals surface area contributed by atoms with Crippen molar-refractivity contribution in [1.82, 2.24) is 14.7 Å². The number of anilines is 1. The summed E-state index contributed by atoms with van der Waals surface area (Å²) in [5, 5.41) is 8.09. The summed E-state index contributed by atoms with van der Waals surface area (Å²) in [6.07, 6.45) is 0. The quantitative estimate of drug-likeness (QED) is 0.894. The summed E-state index contributed by atoms with van der Waals surface area (Å²) >= 11 is 11.8. The van der Waals surface area contributed by atoms with Crippen molar-refractivity contribution in [3.8, 4) is 0 Å². The highest BCUT2D eigenvalue weighted by Crippen LogP contribution is 2.25. The van der Waals surface area contributed by atoms with E-state index in [-0.39, 0.29) is 12.5 Å². The summed E-state index contributed by atoms with van der Waals surface area (Å²) in [6, 6.07) is 5.02. The highest BCUT2D eigenvalue weighted by atomic mass is 35.5. The van der Waals surface area contributed by atoms with Crippen LogP contribution in [-0.2, 0) is 18.4 Å². The predicted molar refractivity (Wildman–Crippen MR) is 94.1 cm³/mol. The van der Waals surface area contributed by atoms with Crippen LogP contribution in [0.15, 0.2) is 18.2 Å². The van der Waals surface area contributed by atoms with Crippen molar-refractivity contribution in [1.29, 1.82) is 0 Å². The van der Waals surface area contributed by atoms with Crippen LogP contribution in [0.4, 0.5) is 5.69 Å². The molecule has 0 bridgehead atoms. The Kier molecular flexibility index (Phi) is 5.68. The molecule has 2 aromatic rings. The smallest absolute Gasteiger partial charge is 0.238 e. The van der Waals surface area contributed by atoms with E-state index in [0.717, 1.165) is 17.0 Å². The largest absolute Gasteiger partial charge is 0.325 e. The lowest BCUT2D eigenvalue weighted by Crippen LogP contribution is -2.30. The lowest BCUT2D eigenvalue weighted by atomic mass is 10.2. The van der Waals surface area contributed by atoms with Crippen LogP contribution in [0.1, 0.15) is 17.0 Å². The highest BCUT2D eigenvalue weighted by Gasteiger charge is 2.14. The second-order valence-corrected chi connectivity index (χ2v) is 6.44. The van der Waals surface area contributed by atoms with Gasteiger partial charge in [0.2, 0.25) is 5.91 Å². The second-order valence-electron chi connectivity index (χ2n) is 5.62. The SMILES string of the molecule is Cc1nn(C)c(C)c1CN(C)CC(=O)Nc1ccc(Cl)c(Cl)c1. The van der Waals surface area contributed by atoms with Gasteiger partial charge < -0.3 is 5.32 Å². The van der Waals surface area contributed by atoms with E-state index in [9.17, 15) is 4.79 Å². The van der Waals surface area contributed by atoms with Crippen molar-refractivity contribution in [2.24, 2.45) is 7.05 Å². The molecule has 0 aliphatic carbocycles. The summed E-state index contributed by atoms with van der Waals surface area (Å²) in [5.41, 5.74) is 3.88. The molecule has 0 atom stereocenters. The Balaban J connectivity index is 1.95. The summed E-state index contributed by atoms with van der Waals surface area (Å²) < 4.78 is 1.86. The van der Waals surface area contributed by atoms with Gasteiger partial charge in [-0.25, -0.2) is 0 Å². The van der Waals surface area contributed by atoms with Crippen LogP contribution in [0.5, 0.6) is 0 Å². The Morgan fingerprint density at radius 2 is 2.00 bits per heavy atom. The molecule has 1 aromatic carbocycles. The minimum atomic E-state index is -0.106. The number of amides is 1. The predicted octanol–water partition coefficient (Wildman–Crippen LogP) is 3.41. The molecule has 0 unspecified atom stereocenters. The molecule has 0 fully saturated rings. The average Bonchev–Trinajstić information content (AvgIpc) is 2.69. The first kappa shape index (κ1) is 17.8. The number of likely N-dealkylation sites (N-methyl/N-ethyl adjacent to an activating group) is 1. The monoisotopic (exact) mass is 354 g/mol. The van der Waals surface area contributed by atoms with Crippen LogP contribution in [0, 0.1) is 13.8 Å². The first-order valence-corrected chi connectivity index (χ1v) is 7.96. The van der Waals surface area contributed by atoms with E-state index in [1.54, 1.807) is 18.2 Å². The van der Waals surface area contributed by atoms with Gasteiger partial charge in [0.25, 0.3) is 0 Å². The summed E-state index contributed by atoms with van der Waals surface area (Å²) in [4.78, 5) is 14.1. The zero-order valence-electron chi connectivity index (χ0n) is 13.7. The lowest BCUT2D eigenvalue weighted by Gasteiger charge is -2.17. The number of hydrogen-bond donors (Lipinski definition) is 1. The summed E-state index contributed by atoms with van der Waals surface area (Å²) in [7, 11) is 3.82. The molecule has 2 rings (SSSR count). The molecule has 0 saturated heterocycles. The van der Waals surface area contributed by atoms with Crippen LogP contribution in [0.3, 0.4) is 0 Å². The fourth-order valence-corrected chi connectivity index (χ4v) is 2.69. The number of rotatable bonds is 5. The zero-order chi connectivity index (χ0) is 17.1. The Morgan fingerprint density at radius 3 is 2.57 bits per heavy atom. The third-order valence-corrected chi connectivity index (χ3v) is 4.44.